The Morgan fingerprint density at radius 3 is 2.38 bits per heavy atom. The number of carbonyl (C=O) groups is 1. The highest BCUT2D eigenvalue weighted by molar-refractivity contribution is 5.70. The summed E-state index contributed by atoms with van der Waals surface area (Å²) in [6.45, 7) is 5.64. The van der Waals surface area contributed by atoms with E-state index in [1.165, 1.54) is 6.42 Å². The summed E-state index contributed by atoms with van der Waals surface area (Å²) < 4.78 is 0. The van der Waals surface area contributed by atoms with E-state index in [-0.39, 0.29) is 5.92 Å². The summed E-state index contributed by atoms with van der Waals surface area (Å²) in [7, 11) is 2.18. The molecule has 0 bridgehead atoms. The van der Waals surface area contributed by atoms with E-state index in [1.807, 2.05) is 0 Å². The van der Waals surface area contributed by atoms with Crippen LogP contribution in [0.3, 0.4) is 0 Å². The van der Waals surface area contributed by atoms with Gasteiger partial charge in [-0.05, 0) is 38.6 Å². The molecular weight excluding hydrogens is 202 g/mol. The van der Waals surface area contributed by atoms with Crippen LogP contribution in [0.2, 0.25) is 0 Å². The van der Waals surface area contributed by atoms with Crippen molar-refractivity contribution in [1.29, 1.82) is 0 Å². The molecule has 1 N–H and O–H groups in total. The Hall–Kier alpha value is -0.570. The molecule has 1 fully saturated rings. The highest BCUT2D eigenvalue weighted by atomic mass is 16.4. The number of aliphatic carboxylic acids is 1. The Bertz CT molecular complexity index is 222. The van der Waals surface area contributed by atoms with Crippen LogP contribution >= 0.6 is 0 Å². The third kappa shape index (κ3) is 3.78. The molecule has 0 heterocycles. The van der Waals surface area contributed by atoms with Crippen LogP contribution in [0.1, 0.15) is 46.0 Å². The molecule has 94 valence electrons. The molecule has 0 amide bonds. The second-order valence-electron chi connectivity index (χ2n) is 5.30. The normalized spacial score (nSPS) is 28.0. The first-order valence-corrected chi connectivity index (χ1v) is 6.47. The van der Waals surface area contributed by atoms with Gasteiger partial charge in [-0.2, -0.15) is 0 Å². The Balaban J connectivity index is 2.32. The average Bonchev–Trinajstić information content (AvgIpc) is 2.28. The van der Waals surface area contributed by atoms with Gasteiger partial charge < -0.3 is 10.0 Å². The number of hydrogen-bond acceptors (Lipinski definition) is 2. The predicted octanol–water partition coefficient (Wildman–Crippen LogP) is 2.61. The van der Waals surface area contributed by atoms with Gasteiger partial charge in [0, 0.05) is 12.6 Å². The lowest BCUT2D eigenvalue weighted by atomic mass is 9.85. The van der Waals surface area contributed by atoms with Gasteiger partial charge in [-0.3, -0.25) is 4.79 Å². The lowest BCUT2D eigenvalue weighted by Gasteiger charge is -2.34. The number of carboxylic acids is 1. The van der Waals surface area contributed by atoms with E-state index in [2.05, 4.69) is 25.8 Å². The van der Waals surface area contributed by atoms with Gasteiger partial charge in [0.15, 0.2) is 0 Å². The smallest absolute Gasteiger partial charge is 0.306 e. The maximum atomic E-state index is 10.8. The van der Waals surface area contributed by atoms with Gasteiger partial charge in [-0.25, -0.2) is 0 Å². The van der Waals surface area contributed by atoms with Crippen LogP contribution < -0.4 is 0 Å². The summed E-state index contributed by atoms with van der Waals surface area (Å²) in [5, 5.41) is 8.93. The van der Waals surface area contributed by atoms with Gasteiger partial charge in [0.05, 0.1) is 5.92 Å². The van der Waals surface area contributed by atoms with Crippen LogP contribution in [-0.2, 0) is 4.79 Å². The minimum absolute atomic E-state index is 0.0896. The first kappa shape index (κ1) is 13.5. The Labute approximate surface area is 98.8 Å². The number of hydrogen-bond donors (Lipinski definition) is 1. The molecule has 3 heteroatoms. The molecule has 0 aromatic heterocycles. The zero-order valence-electron chi connectivity index (χ0n) is 10.8. The third-order valence-corrected chi connectivity index (χ3v) is 3.97. The maximum absolute atomic E-state index is 10.8. The molecule has 3 nitrogen and oxygen atoms in total. The summed E-state index contributed by atoms with van der Waals surface area (Å²) in [4.78, 5) is 13.3. The van der Waals surface area contributed by atoms with Crippen LogP contribution in [0.25, 0.3) is 0 Å². The molecule has 0 radical (unpaired) electrons. The van der Waals surface area contributed by atoms with Crippen molar-refractivity contribution in [3.8, 4) is 0 Å². The fourth-order valence-corrected chi connectivity index (χ4v) is 2.53. The van der Waals surface area contributed by atoms with Crippen molar-refractivity contribution >= 4 is 5.97 Å². The van der Waals surface area contributed by atoms with Crippen molar-refractivity contribution in [3.05, 3.63) is 0 Å². The van der Waals surface area contributed by atoms with Crippen molar-refractivity contribution in [2.45, 2.75) is 52.0 Å². The number of nitrogens with zero attached hydrogens (tertiary/aromatic N) is 1. The molecule has 1 unspecified atom stereocenters. The maximum Gasteiger partial charge on any atom is 0.306 e. The van der Waals surface area contributed by atoms with Crippen LogP contribution in [0.5, 0.6) is 0 Å². The lowest BCUT2D eigenvalue weighted by molar-refractivity contribution is -0.143. The molecule has 1 rings (SSSR count). The van der Waals surface area contributed by atoms with Gasteiger partial charge >= 0.3 is 5.97 Å². The predicted molar refractivity (Wildman–Crippen MR) is 65.5 cm³/mol. The number of rotatable bonds is 5. The van der Waals surface area contributed by atoms with Crippen LogP contribution in [-0.4, -0.2) is 35.6 Å². The summed E-state index contributed by atoms with van der Waals surface area (Å²) in [5.41, 5.74) is 0. The van der Waals surface area contributed by atoms with Gasteiger partial charge in [0.1, 0.15) is 0 Å². The van der Waals surface area contributed by atoms with Crippen molar-refractivity contribution in [2.24, 2.45) is 11.8 Å². The summed E-state index contributed by atoms with van der Waals surface area (Å²) in [6, 6.07) is 0.601. The van der Waals surface area contributed by atoms with Crippen molar-refractivity contribution < 1.29 is 9.90 Å². The zero-order valence-corrected chi connectivity index (χ0v) is 10.8. The standard InChI is InChI=1S/C13H25NO2/c1-4-10(2)9-14(3)12-7-5-11(6-8-12)13(15)16/h10-12H,4-9H2,1-3H3,(H,15,16). The van der Waals surface area contributed by atoms with Crippen molar-refractivity contribution in [3.63, 3.8) is 0 Å². The summed E-state index contributed by atoms with van der Waals surface area (Å²) in [5.74, 6) is 0.0403. The molecule has 1 saturated carbocycles. The quantitative estimate of drug-likeness (QED) is 0.785. The fraction of sp³-hybridized carbons (Fsp3) is 0.923. The molecular formula is C13H25NO2. The molecule has 0 aliphatic heterocycles. The highest BCUT2D eigenvalue weighted by Gasteiger charge is 2.27. The monoisotopic (exact) mass is 227 g/mol. The average molecular weight is 227 g/mol. The van der Waals surface area contributed by atoms with E-state index in [0.717, 1.165) is 38.1 Å². The molecule has 1 atom stereocenters. The SMILES string of the molecule is CCC(C)CN(C)C1CCC(C(=O)O)CC1. The largest absolute Gasteiger partial charge is 0.481 e. The van der Waals surface area contributed by atoms with Gasteiger partial charge in [-0.15, -0.1) is 0 Å². The third-order valence-electron chi connectivity index (χ3n) is 3.97. The molecule has 1 aliphatic rings. The molecule has 0 aromatic carbocycles. The second-order valence-corrected chi connectivity index (χ2v) is 5.30. The lowest BCUT2D eigenvalue weighted by Crippen LogP contribution is -2.38. The van der Waals surface area contributed by atoms with E-state index in [4.69, 9.17) is 5.11 Å². The molecule has 1 aliphatic carbocycles. The van der Waals surface area contributed by atoms with Crippen molar-refractivity contribution in [2.75, 3.05) is 13.6 Å². The summed E-state index contributed by atoms with van der Waals surface area (Å²) in [6.07, 6.45) is 5.01. The van der Waals surface area contributed by atoms with E-state index >= 15 is 0 Å². The first-order chi connectivity index (χ1) is 7.54. The van der Waals surface area contributed by atoms with Gasteiger partial charge in [0.25, 0.3) is 0 Å². The summed E-state index contributed by atoms with van der Waals surface area (Å²) >= 11 is 0. The fourth-order valence-electron chi connectivity index (χ4n) is 2.53. The minimum atomic E-state index is -0.608. The zero-order chi connectivity index (χ0) is 12.1. The topological polar surface area (TPSA) is 40.5 Å². The molecule has 16 heavy (non-hydrogen) atoms. The van der Waals surface area contributed by atoms with E-state index < -0.39 is 5.97 Å². The number of carboxylic acid groups (broad SMARTS) is 1. The van der Waals surface area contributed by atoms with Gasteiger partial charge in [-0.1, -0.05) is 20.3 Å². The minimum Gasteiger partial charge on any atom is -0.481 e. The van der Waals surface area contributed by atoms with Crippen molar-refractivity contribution in [1.82, 2.24) is 4.90 Å². The van der Waals surface area contributed by atoms with E-state index in [1.54, 1.807) is 0 Å². The van der Waals surface area contributed by atoms with Gasteiger partial charge in [0.2, 0.25) is 0 Å². The Kier molecular flexibility index (Phi) is 5.26. The highest BCUT2D eigenvalue weighted by Crippen LogP contribution is 2.27. The second kappa shape index (κ2) is 6.24. The molecule has 0 aromatic rings. The van der Waals surface area contributed by atoms with E-state index in [0.29, 0.717) is 6.04 Å². The van der Waals surface area contributed by atoms with E-state index in [9.17, 15) is 4.79 Å². The Morgan fingerprint density at radius 2 is 1.94 bits per heavy atom. The Morgan fingerprint density at radius 1 is 1.38 bits per heavy atom. The van der Waals surface area contributed by atoms with Crippen LogP contribution in [0, 0.1) is 11.8 Å². The first-order valence-electron chi connectivity index (χ1n) is 6.47. The van der Waals surface area contributed by atoms with Crippen LogP contribution in [0.15, 0.2) is 0 Å². The van der Waals surface area contributed by atoms with Crippen LogP contribution in [0.4, 0.5) is 0 Å². The molecule has 0 spiro atoms. The molecule has 0 saturated heterocycles.